The van der Waals surface area contributed by atoms with E-state index in [9.17, 15) is 13.2 Å². The monoisotopic (exact) mass is 394 g/mol. The molecule has 0 aliphatic carbocycles. The van der Waals surface area contributed by atoms with Crippen LogP contribution < -0.4 is 5.32 Å². The molecule has 0 unspecified atom stereocenters. The molecule has 0 aliphatic rings. The molecule has 1 amide bonds. The van der Waals surface area contributed by atoms with Crippen LogP contribution in [-0.2, 0) is 16.6 Å². The Hall–Kier alpha value is -2.96. The van der Waals surface area contributed by atoms with Gasteiger partial charge in [-0.2, -0.15) is 4.31 Å². The van der Waals surface area contributed by atoms with Crippen molar-refractivity contribution in [2.75, 3.05) is 11.9 Å². The standard InChI is InChI=1S/C22H22N2O3S/c1-2-24(28(26,27)21-11-7-4-8-12-21)17-18-13-15-19(16-14-18)22(25)23-20-9-5-3-6-10-20/h3-16H,2,17H2,1H3,(H,23,25). The van der Waals surface area contributed by atoms with Crippen molar-refractivity contribution < 1.29 is 13.2 Å². The quantitative estimate of drug-likeness (QED) is 0.655. The third-order valence-corrected chi connectivity index (χ3v) is 6.28. The van der Waals surface area contributed by atoms with Crippen LogP contribution in [0.5, 0.6) is 0 Å². The minimum atomic E-state index is -3.56. The molecule has 3 aromatic carbocycles. The van der Waals surface area contributed by atoms with Crippen LogP contribution >= 0.6 is 0 Å². The van der Waals surface area contributed by atoms with Crippen LogP contribution in [0, 0.1) is 0 Å². The second kappa shape index (κ2) is 8.82. The molecule has 0 saturated heterocycles. The molecule has 0 atom stereocenters. The molecule has 144 valence electrons. The van der Waals surface area contributed by atoms with Gasteiger partial charge in [-0.15, -0.1) is 0 Å². The first-order valence-electron chi connectivity index (χ1n) is 9.01. The predicted octanol–water partition coefficient (Wildman–Crippen LogP) is 4.15. The van der Waals surface area contributed by atoms with Gasteiger partial charge >= 0.3 is 0 Å². The first-order valence-corrected chi connectivity index (χ1v) is 10.5. The molecule has 0 saturated carbocycles. The Balaban J connectivity index is 1.71. The topological polar surface area (TPSA) is 66.5 Å². The number of sulfonamides is 1. The van der Waals surface area contributed by atoms with Crippen LogP contribution in [0.15, 0.2) is 89.8 Å². The van der Waals surface area contributed by atoms with E-state index in [1.54, 1.807) is 54.6 Å². The van der Waals surface area contributed by atoms with Crippen molar-refractivity contribution >= 4 is 21.6 Å². The normalized spacial score (nSPS) is 11.4. The molecule has 3 rings (SSSR count). The molecule has 0 fully saturated rings. The van der Waals surface area contributed by atoms with E-state index >= 15 is 0 Å². The van der Waals surface area contributed by atoms with E-state index in [0.717, 1.165) is 11.3 Å². The smallest absolute Gasteiger partial charge is 0.255 e. The summed E-state index contributed by atoms with van der Waals surface area (Å²) < 4.78 is 27.0. The maximum Gasteiger partial charge on any atom is 0.255 e. The van der Waals surface area contributed by atoms with Crippen LogP contribution in [0.4, 0.5) is 5.69 Å². The fraction of sp³-hybridized carbons (Fsp3) is 0.136. The number of amides is 1. The lowest BCUT2D eigenvalue weighted by Crippen LogP contribution is -2.30. The van der Waals surface area contributed by atoms with E-state index in [1.165, 1.54) is 4.31 Å². The van der Waals surface area contributed by atoms with Crippen LogP contribution in [-0.4, -0.2) is 25.2 Å². The molecular weight excluding hydrogens is 372 g/mol. The Bertz CT molecular complexity index is 1020. The van der Waals surface area contributed by atoms with Gasteiger partial charge in [0.15, 0.2) is 0 Å². The summed E-state index contributed by atoms with van der Waals surface area (Å²) in [5.74, 6) is -0.206. The third kappa shape index (κ3) is 4.65. The Morgan fingerprint density at radius 3 is 2.00 bits per heavy atom. The summed E-state index contributed by atoms with van der Waals surface area (Å²) in [5, 5.41) is 2.83. The number of rotatable bonds is 7. The average Bonchev–Trinajstić information content (AvgIpc) is 2.73. The molecule has 0 bridgehead atoms. The number of hydrogen-bond acceptors (Lipinski definition) is 3. The Morgan fingerprint density at radius 1 is 0.857 bits per heavy atom. The SMILES string of the molecule is CCN(Cc1ccc(C(=O)Nc2ccccc2)cc1)S(=O)(=O)c1ccccc1. The summed E-state index contributed by atoms with van der Waals surface area (Å²) in [4.78, 5) is 12.6. The first-order chi connectivity index (χ1) is 13.5. The van der Waals surface area contributed by atoms with Gasteiger partial charge < -0.3 is 5.32 Å². The van der Waals surface area contributed by atoms with E-state index in [4.69, 9.17) is 0 Å². The second-order valence-corrected chi connectivity index (χ2v) is 8.20. The van der Waals surface area contributed by atoms with Gasteiger partial charge in [-0.05, 0) is 42.0 Å². The number of para-hydroxylation sites is 1. The highest BCUT2D eigenvalue weighted by Gasteiger charge is 2.22. The zero-order valence-corrected chi connectivity index (χ0v) is 16.4. The van der Waals surface area contributed by atoms with Crippen molar-refractivity contribution in [3.63, 3.8) is 0 Å². The molecule has 0 aromatic heterocycles. The molecule has 5 nitrogen and oxygen atoms in total. The number of anilines is 1. The number of nitrogens with one attached hydrogen (secondary N) is 1. The lowest BCUT2D eigenvalue weighted by molar-refractivity contribution is 0.102. The van der Waals surface area contributed by atoms with Gasteiger partial charge in [0.1, 0.15) is 0 Å². The Morgan fingerprint density at radius 2 is 1.43 bits per heavy atom. The van der Waals surface area contributed by atoms with Gasteiger partial charge in [-0.1, -0.05) is 55.5 Å². The highest BCUT2D eigenvalue weighted by Crippen LogP contribution is 2.18. The number of carbonyl (C=O) groups excluding carboxylic acids is 1. The highest BCUT2D eigenvalue weighted by molar-refractivity contribution is 7.89. The number of benzene rings is 3. The van der Waals surface area contributed by atoms with E-state index in [0.29, 0.717) is 12.1 Å². The van der Waals surface area contributed by atoms with Crippen molar-refractivity contribution in [1.82, 2.24) is 4.31 Å². The summed E-state index contributed by atoms with van der Waals surface area (Å²) in [6.07, 6.45) is 0. The zero-order valence-electron chi connectivity index (χ0n) is 15.6. The van der Waals surface area contributed by atoms with Gasteiger partial charge in [0.05, 0.1) is 4.90 Å². The number of carbonyl (C=O) groups is 1. The van der Waals surface area contributed by atoms with Crippen LogP contribution in [0.25, 0.3) is 0 Å². The molecule has 0 spiro atoms. The summed E-state index contributed by atoms with van der Waals surface area (Å²) in [5.41, 5.74) is 2.06. The minimum absolute atomic E-state index is 0.206. The maximum atomic E-state index is 12.8. The van der Waals surface area contributed by atoms with Crippen LogP contribution in [0.1, 0.15) is 22.8 Å². The van der Waals surface area contributed by atoms with Crippen LogP contribution in [0.3, 0.4) is 0 Å². The molecule has 1 N–H and O–H groups in total. The molecule has 6 heteroatoms. The van der Waals surface area contributed by atoms with Crippen molar-refractivity contribution in [1.29, 1.82) is 0 Å². The van der Waals surface area contributed by atoms with Crippen molar-refractivity contribution in [3.8, 4) is 0 Å². The molecule has 28 heavy (non-hydrogen) atoms. The fourth-order valence-electron chi connectivity index (χ4n) is 2.80. The lowest BCUT2D eigenvalue weighted by Gasteiger charge is -2.20. The van der Waals surface area contributed by atoms with Gasteiger partial charge in [0.25, 0.3) is 5.91 Å². The summed E-state index contributed by atoms with van der Waals surface area (Å²) >= 11 is 0. The Labute approximate surface area is 165 Å². The van der Waals surface area contributed by atoms with Gasteiger partial charge in [0, 0.05) is 24.3 Å². The van der Waals surface area contributed by atoms with Crippen molar-refractivity contribution in [2.45, 2.75) is 18.4 Å². The van der Waals surface area contributed by atoms with E-state index in [2.05, 4.69) is 5.32 Å². The van der Waals surface area contributed by atoms with Crippen LogP contribution in [0.2, 0.25) is 0 Å². The van der Waals surface area contributed by atoms with Gasteiger partial charge in [-0.25, -0.2) is 8.42 Å². The summed E-state index contributed by atoms with van der Waals surface area (Å²) in [7, 11) is -3.56. The van der Waals surface area contributed by atoms with E-state index in [1.807, 2.05) is 37.3 Å². The largest absolute Gasteiger partial charge is 0.322 e. The summed E-state index contributed by atoms with van der Waals surface area (Å²) in [6.45, 7) is 2.41. The molecule has 0 radical (unpaired) electrons. The predicted molar refractivity (Wildman–Crippen MR) is 111 cm³/mol. The third-order valence-electron chi connectivity index (χ3n) is 4.34. The zero-order chi connectivity index (χ0) is 20.0. The van der Waals surface area contributed by atoms with Gasteiger partial charge in [-0.3, -0.25) is 4.79 Å². The Kier molecular flexibility index (Phi) is 6.23. The van der Waals surface area contributed by atoms with Crippen molar-refractivity contribution in [2.24, 2.45) is 0 Å². The highest BCUT2D eigenvalue weighted by atomic mass is 32.2. The molecule has 0 heterocycles. The number of hydrogen-bond donors (Lipinski definition) is 1. The molecular formula is C22H22N2O3S. The lowest BCUT2D eigenvalue weighted by atomic mass is 10.1. The van der Waals surface area contributed by atoms with E-state index < -0.39 is 10.0 Å². The molecule has 0 aliphatic heterocycles. The minimum Gasteiger partial charge on any atom is -0.322 e. The average molecular weight is 394 g/mol. The van der Waals surface area contributed by atoms with Crippen molar-refractivity contribution in [3.05, 3.63) is 96.1 Å². The summed E-state index contributed by atoms with van der Waals surface area (Å²) in [6, 6.07) is 24.6. The van der Waals surface area contributed by atoms with Gasteiger partial charge in [0.2, 0.25) is 10.0 Å². The maximum absolute atomic E-state index is 12.8. The second-order valence-electron chi connectivity index (χ2n) is 6.26. The van der Waals surface area contributed by atoms with E-state index in [-0.39, 0.29) is 17.3 Å². The molecule has 3 aromatic rings. The number of nitrogens with zero attached hydrogens (tertiary/aromatic N) is 1. The fourth-order valence-corrected chi connectivity index (χ4v) is 4.26. The first kappa shape index (κ1) is 19.8.